The average Bonchev–Trinajstić information content (AvgIpc) is 1.57. The number of aryl methyl sites for hydroxylation is 2. The Morgan fingerprint density at radius 2 is 0.769 bits per heavy atom. The standard InChI is InChI=1S/C70H38N12O2S7/c1-7-29-9-37(15-43-53(35(25-75)26-76)39-11-31(21-71)33(23-73)13-41(39)61(43)83)85-63(29)51-19-47-67(89-51)65-45(69(47,3)4)17-49(87-65)55-57(79)58(80)56(60-59(55)81-91-82-60)50-18-46-66(88-50)68-48(70(46,5)6)20-52(90-68)64-30(8-2)10-38(86-64)16-44-54(36(27-77)28-78)40-12-32(22-72)34(24-74)14-42(40)62(44)84/h9-20H,7-8,79-80H2,1-6H3/b43-15-,44-16-. The summed E-state index contributed by atoms with van der Waals surface area (Å²) in [6.45, 7) is 13.0. The van der Waals surface area contributed by atoms with Crippen LogP contribution in [0.25, 0.3) is 94.2 Å². The lowest BCUT2D eigenvalue weighted by molar-refractivity contribution is 0.103. The molecule has 432 valence electrons. The number of allylic oxidation sites excluding steroid dienone is 6. The summed E-state index contributed by atoms with van der Waals surface area (Å²) >= 11 is 10.9. The van der Waals surface area contributed by atoms with E-state index in [-0.39, 0.29) is 77.9 Å². The van der Waals surface area contributed by atoms with E-state index in [1.807, 2.05) is 60.7 Å². The van der Waals surface area contributed by atoms with Gasteiger partial charge in [0.1, 0.15) is 70.7 Å². The Labute approximate surface area is 548 Å². The number of nitrogen functional groups attached to an aromatic ring is 2. The summed E-state index contributed by atoms with van der Waals surface area (Å²) in [5.74, 6) is -0.865. The number of hydrogen-bond acceptors (Lipinski definition) is 21. The summed E-state index contributed by atoms with van der Waals surface area (Å²) in [5, 5.41) is 79.3. The fraction of sp³-hybridized carbons (Fsp3) is 0.143. The van der Waals surface area contributed by atoms with Crippen molar-refractivity contribution in [2.75, 3.05) is 11.5 Å². The molecule has 3 aromatic carbocycles. The molecule has 14 nitrogen and oxygen atoms in total. The van der Waals surface area contributed by atoms with Gasteiger partial charge in [0, 0.05) is 114 Å². The quantitative estimate of drug-likeness (QED) is 0.0812. The van der Waals surface area contributed by atoms with E-state index in [1.165, 1.54) is 58.1 Å². The number of aromatic nitrogens is 2. The largest absolute Gasteiger partial charge is 0.396 e. The summed E-state index contributed by atoms with van der Waals surface area (Å²) in [6.07, 6.45) is 4.81. The van der Waals surface area contributed by atoms with Crippen LogP contribution in [0.1, 0.15) is 139 Å². The topological polar surface area (TPSA) is 302 Å². The zero-order valence-corrected chi connectivity index (χ0v) is 54.4. The zero-order valence-electron chi connectivity index (χ0n) is 48.6. The van der Waals surface area contributed by atoms with Crippen molar-refractivity contribution < 1.29 is 9.59 Å². The van der Waals surface area contributed by atoms with Crippen LogP contribution >= 0.6 is 79.7 Å². The Bertz CT molecular complexity index is 5260. The molecule has 14 rings (SSSR count). The van der Waals surface area contributed by atoms with Crippen LogP contribution in [-0.4, -0.2) is 20.3 Å². The summed E-state index contributed by atoms with van der Waals surface area (Å²) in [5.41, 5.74) is 25.4. The number of thiophene rings is 6. The number of Topliss-reactive ketones (excluding diaryl/α,β-unsaturated/α-hetero) is 2. The second-order valence-corrected chi connectivity index (χ2v) is 29.9. The number of benzene rings is 3. The number of carbonyl (C=O) groups is 2. The number of anilines is 2. The van der Waals surface area contributed by atoms with Crippen molar-refractivity contribution in [2.24, 2.45) is 0 Å². The van der Waals surface area contributed by atoms with Crippen molar-refractivity contribution in [3.63, 3.8) is 0 Å². The molecule has 21 heteroatoms. The van der Waals surface area contributed by atoms with Gasteiger partial charge in [0.05, 0.1) is 45.4 Å². The Morgan fingerprint density at radius 1 is 0.451 bits per heavy atom. The number of hydrogen-bond donors (Lipinski definition) is 2. The van der Waals surface area contributed by atoms with Crippen LogP contribution in [0.4, 0.5) is 11.4 Å². The van der Waals surface area contributed by atoms with E-state index in [9.17, 15) is 51.7 Å². The number of ketones is 2. The molecule has 4 aliphatic carbocycles. The van der Waals surface area contributed by atoms with Gasteiger partial charge in [0.15, 0.2) is 11.6 Å². The number of carbonyl (C=O) groups excluding carboxylic acids is 2. The SMILES string of the molecule is CCc1cc(/C=C2\C(=O)c3cc(C#N)c(C#N)cc3C2=C(C#N)C#N)sc1-c1cc2c(s1)-c1sc(-c3c(N)c(N)c(-c4cc5c(s4)-c4sc(-c6sc(/C=C7\C(=O)c8cc(C#N)c(C#N)cc8C7=C(C#N)C#N)cc6CC)cc4C5(C)C)c4nsnc34)cc1C2(C)C. The molecule has 0 amide bonds. The van der Waals surface area contributed by atoms with Gasteiger partial charge >= 0.3 is 0 Å². The number of nitrogens with zero attached hydrogens (tertiary/aromatic N) is 10. The first-order valence-electron chi connectivity index (χ1n) is 28.1. The molecule has 0 spiro atoms. The smallest absolute Gasteiger partial charge is 0.194 e. The number of rotatable bonds is 8. The van der Waals surface area contributed by atoms with Gasteiger partial charge in [0.25, 0.3) is 0 Å². The monoisotopic (exact) mass is 1300 g/mol. The highest BCUT2D eigenvalue weighted by Crippen LogP contribution is 2.63. The van der Waals surface area contributed by atoms with Gasteiger partial charge in [-0.2, -0.15) is 50.8 Å². The van der Waals surface area contributed by atoms with Gasteiger partial charge in [-0.3, -0.25) is 9.59 Å². The highest BCUT2D eigenvalue weighted by molar-refractivity contribution is 7.29. The van der Waals surface area contributed by atoms with Crippen LogP contribution in [-0.2, 0) is 23.7 Å². The first-order valence-corrected chi connectivity index (χ1v) is 33.7. The first kappa shape index (κ1) is 58.2. The number of nitriles is 8. The maximum absolute atomic E-state index is 14.1. The molecular weight excluding hydrogens is 1270 g/mol. The summed E-state index contributed by atoms with van der Waals surface area (Å²) in [6, 6.07) is 34.3. The lowest BCUT2D eigenvalue weighted by Crippen LogP contribution is -2.13. The molecule has 0 radical (unpaired) electrons. The van der Waals surface area contributed by atoms with E-state index in [4.69, 9.17) is 20.2 Å². The Kier molecular flexibility index (Phi) is 13.5. The highest BCUT2D eigenvalue weighted by Gasteiger charge is 2.44. The molecule has 0 saturated carbocycles. The fourth-order valence-electron chi connectivity index (χ4n) is 12.9. The van der Waals surface area contributed by atoms with E-state index in [1.54, 1.807) is 57.5 Å². The van der Waals surface area contributed by atoms with Crippen molar-refractivity contribution in [2.45, 2.75) is 65.2 Å². The molecule has 4 N–H and O–H groups in total. The Morgan fingerprint density at radius 3 is 1.09 bits per heavy atom. The molecule has 0 saturated heterocycles. The molecule has 0 unspecified atom stereocenters. The van der Waals surface area contributed by atoms with Crippen LogP contribution in [0.3, 0.4) is 0 Å². The number of fused-ring (bicyclic) bond motifs is 9. The van der Waals surface area contributed by atoms with Crippen molar-refractivity contribution in [1.29, 1.82) is 42.1 Å². The van der Waals surface area contributed by atoms with E-state index in [0.717, 1.165) is 104 Å². The van der Waals surface area contributed by atoms with Gasteiger partial charge in [-0.05, 0) is 130 Å². The molecule has 0 aliphatic heterocycles. The second-order valence-electron chi connectivity index (χ2n) is 23.0. The van der Waals surface area contributed by atoms with E-state index in [0.29, 0.717) is 35.2 Å². The van der Waals surface area contributed by atoms with Crippen LogP contribution < -0.4 is 11.5 Å². The molecule has 0 bridgehead atoms. The molecule has 91 heavy (non-hydrogen) atoms. The van der Waals surface area contributed by atoms with Crippen LogP contribution in [0.2, 0.25) is 0 Å². The van der Waals surface area contributed by atoms with Crippen molar-refractivity contribution in [3.8, 4) is 108 Å². The molecule has 4 aliphatic rings. The van der Waals surface area contributed by atoms with E-state index in [2.05, 4.69) is 65.8 Å². The van der Waals surface area contributed by atoms with Gasteiger partial charge < -0.3 is 11.5 Å². The third kappa shape index (κ3) is 8.32. The van der Waals surface area contributed by atoms with E-state index >= 15 is 0 Å². The Balaban J connectivity index is 0.791. The lowest BCUT2D eigenvalue weighted by Gasteiger charge is -2.19. The van der Waals surface area contributed by atoms with Gasteiger partial charge in [-0.25, -0.2) is 0 Å². The van der Waals surface area contributed by atoms with Gasteiger partial charge in [-0.15, -0.1) is 68.0 Å². The van der Waals surface area contributed by atoms with Crippen molar-refractivity contribution in [1.82, 2.24) is 8.75 Å². The summed E-state index contributed by atoms with van der Waals surface area (Å²) in [7, 11) is 0. The maximum atomic E-state index is 14.1. The predicted octanol–water partition coefficient (Wildman–Crippen LogP) is 17.3. The summed E-state index contributed by atoms with van der Waals surface area (Å²) < 4.78 is 9.84. The highest BCUT2D eigenvalue weighted by atomic mass is 32.1. The summed E-state index contributed by atoms with van der Waals surface area (Å²) in [4.78, 5) is 40.3. The molecular formula is C70H38N12O2S7. The normalized spacial score (nSPS) is 15.0. The zero-order chi connectivity index (χ0) is 64.0. The van der Waals surface area contributed by atoms with Crippen LogP contribution in [0.5, 0.6) is 0 Å². The molecule has 0 atom stereocenters. The molecule has 0 fully saturated rings. The third-order valence-corrected chi connectivity index (χ3v) is 25.6. The van der Waals surface area contributed by atoms with Crippen LogP contribution in [0, 0.1) is 90.6 Å². The number of nitrogens with two attached hydrogens (primary N) is 2. The van der Waals surface area contributed by atoms with Crippen LogP contribution in [0.15, 0.2) is 83.0 Å². The molecule has 7 heterocycles. The minimum absolute atomic E-state index is 0.0363. The first-order chi connectivity index (χ1) is 43.8. The molecule has 7 aromatic heterocycles. The molecule has 10 aromatic rings. The van der Waals surface area contributed by atoms with Gasteiger partial charge in [-0.1, -0.05) is 41.5 Å². The lowest BCUT2D eigenvalue weighted by atomic mass is 9.83. The van der Waals surface area contributed by atoms with Gasteiger partial charge in [0.2, 0.25) is 0 Å². The second kappa shape index (κ2) is 21.1. The Hall–Kier alpha value is -10.5. The predicted molar refractivity (Wildman–Crippen MR) is 362 cm³/mol. The van der Waals surface area contributed by atoms with E-state index < -0.39 is 22.4 Å². The van der Waals surface area contributed by atoms with Crippen molar-refractivity contribution >= 4 is 137 Å². The maximum Gasteiger partial charge on any atom is 0.194 e. The minimum Gasteiger partial charge on any atom is -0.396 e. The van der Waals surface area contributed by atoms with Crippen molar-refractivity contribution in [3.05, 3.63) is 171 Å². The average molecular weight is 1300 g/mol. The third-order valence-electron chi connectivity index (χ3n) is 17.6. The fourth-order valence-corrected chi connectivity index (χ4v) is 21.9. The minimum atomic E-state index is -0.432.